The van der Waals surface area contributed by atoms with Gasteiger partial charge in [-0.1, -0.05) is 36.8 Å². The number of amides is 1. The lowest BCUT2D eigenvalue weighted by molar-refractivity contribution is -0.116. The molecule has 0 aliphatic rings. The molecule has 28 heavy (non-hydrogen) atoms. The first-order chi connectivity index (χ1) is 13.5. The first-order valence-corrected chi connectivity index (χ1v) is 9.57. The average Bonchev–Trinajstić information content (AvgIpc) is 3.06. The lowest BCUT2D eigenvalue weighted by atomic mass is 10.1. The van der Waals surface area contributed by atoms with Crippen LogP contribution in [0.1, 0.15) is 39.2 Å². The highest BCUT2D eigenvalue weighted by Crippen LogP contribution is 2.25. The number of anilines is 1. The number of hydrogen-bond acceptors (Lipinski definition) is 4. The van der Waals surface area contributed by atoms with Gasteiger partial charge < -0.3 is 10.1 Å². The summed E-state index contributed by atoms with van der Waals surface area (Å²) >= 11 is 0. The molecule has 1 heterocycles. The summed E-state index contributed by atoms with van der Waals surface area (Å²) in [5.74, 6) is 0.724. The third-order valence-electron chi connectivity index (χ3n) is 4.11. The van der Waals surface area contributed by atoms with E-state index in [0.29, 0.717) is 18.3 Å². The van der Waals surface area contributed by atoms with Crippen molar-refractivity contribution in [1.29, 1.82) is 0 Å². The Hall–Kier alpha value is -3.15. The third-order valence-corrected chi connectivity index (χ3v) is 4.11. The van der Waals surface area contributed by atoms with Crippen LogP contribution in [0.15, 0.2) is 48.5 Å². The van der Waals surface area contributed by atoms with Gasteiger partial charge in [-0.2, -0.15) is 4.98 Å². The fourth-order valence-electron chi connectivity index (χ4n) is 2.76. The summed E-state index contributed by atoms with van der Waals surface area (Å²) in [7, 11) is 0. The van der Waals surface area contributed by atoms with Gasteiger partial charge in [-0.3, -0.25) is 4.79 Å². The van der Waals surface area contributed by atoms with Gasteiger partial charge in [0.05, 0.1) is 11.8 Å². The molecule has 1 N–H and O–H groups in total. The van der Waals surface area contributed by atoms with E-state index in [1.807, 2.05) is 76.2 Å². The van der Waals surface area contributed by atoms with Gasteiger partial charge in [-0.05, 0) is 51.5 Å². The topological polar surface area (TPSA) is 69.0 Å². The van der Waals surface area contributed by atoms with Gasteiger partial charge in [0, 0.05) is 17.7 Å². The molecule has 0 aliphatic carbocycles. The molecule has 3 aromatic rings. The molecule has 0 bridgehead atoms. The molecule has 0 saturated heterocycles. The minimum absolute atomic E-state index is 0.0159. The van der Waals surface area contributed by atoms with Crippen LogP contribution in [0.5, 0.6) is 6.01 Å². The molecule has 0 spiro atoms. The SMILES string of the molecule is CCCC(=O)Nc1ccc(-n2nc(OC(C)C)nc2-c2ccc(C)cc2)cc1. The molecule has 146 valence electrons. The summed E-state index contributed by atoms with van der Waals surface area (Å²) in [6.07, 6.45) is 1.32. The summed E-state index contributed by atoms with van der Waals surface area (Å²) in [6.45, 7) is 7.92. The van der Waals surface area contributed by atoms with Crippen LogP contribution in [-0.4, -0.2) is 26.8 Å². The number of aromatic nitrogens is 3. The quantitative estimate of drug-likeness (QED) is 0.643. The molecule has 1 amide bonds. The van der Waals surface area contributed by atoms with Crippen molar-refractivity contribution in [2.45, 2.75) is 46.6 Å². The highest BCUT2D eigenvalue weighted by atomic mass is 16.5. The van der Waals surface area contributed by atoms with E-state index < -0.39 is 0 Å². The molecule has 2 aromatic carbocycles. The molecule has 0 unspecified atom stereocenters. The molecule has 0 atom stereocenters. The maximum atomic E-state index is 11.8. The zero-order chi connectivity index (χ0) is 20.1. The lowest BCUT2D eigenvalue weighted by Gasteiger charge is -2.08. The molecule has 0 saturated carbocycles. The Kier molecular flexibility index (Phi) is 6.09. The van der Waals surface area contributed by atoms with Crippen LogP contribution in [0.2, 0.25) is 0 Å². The number of ether oxygens (including phenoxy) is 1. The van der Waals surface area contributed by atoms with Crippen molar-refractivity contribution in [2.75, 3.05) is 5.32 Å². The molecule has 6 heteroatoms. The number of benzene rings is 2. The number of carbonyl (C=O) groups is 1. The van der Waals surface area contributed by atoms with Crippen molar-refractivity contribution in [2.24, 2.45) is 0 Å². The zero-order valence-corrected chi connectivity index (χ0v) is 16.8. The normalized spacial score (nSPS) is 10.9. The Morgan fingerprint density at radius 2 is 1.79 bits per heavy atom. The van der Waals surface area contributed by atoms with E-state index in [2.05, 4.69) is 15.4 Å². The number of rotatable bonds is 7. The van der Waals surface area contributed by atoms with Crippen LogP contribution in [0.4, 0.5) is 5.69 Å². The summed E-state index contributed by atoms with van der Waals surface area (Å²) in [5.41, 5.74) is 3.74. The number of aryl methyl sites for hydroxylation is 1. The van der Waals surface area contributed by atoms with Crippen LogP contribution in [0, 0.1) is 6.92 Å². The van der Waals surface area contributed by atoms with Gasteiger partial charge in [0.25, 0.3) is 0 Å². The van der Waals surface area contributed by atoms with Crippen molar-refractivity contribution >= 4 is 11.6 Å². The first kappa shape index (κ1) is 19.6. The van der Waals surface area contributed by atoms with Crippen molar-refractivity contribution in [3.8, 4) is 23.1 Å². The Balaban J connectivity index is 1.94. The van der Waals surface area contributed by atoms with Crippen LogP contribution >= 0.6 is 0 Å². The molecule has 0 fully saturated rings. The van der Waals surface area contributed by atoms with Crippen LogP contribution in [0.3, 0.4) is 0 Å². The minimum atomic E-state index is -0.0159. The third kappa shape index (κ3) is 4.76. The van der Waals surface area contributed by atoms with Gasteiger partial charge in [0.15, 0.2) is 5.82 Å². The minimum Gasteiger partial charge on any atom is -0.460 e. The molecule has 3 rings (SSSR count). The summed E-state index contributed by atoms with van der Waals surface area (Å²) in [6, 6.07) is 16.0. The fourth-order valence-corrected chi connectivity index (χ4v) is 2.76. The molecule has 1 aromatic heterocycles. The molecule has 0 aliphatic heterocycles. The fraction of sp³-hybridized carbons (Fsp3) is 0.318. The van der Waals surface area contributed by atoms with Gasteiger partial charge in [0.2, 0.25) is 5.91 Å². The highest BCUT2D eigenvalue weighted by Gasteiger charge is 2.15. The smallest absolute Gasteiger partial charge is 0.336 e. The summed E-state index contributed by atoms with van der Waals surface area (Å²) in [5, 5.41) is 7.43. The summed E-state index contributed by atoms with van der Waals surface area (Å²) < 4.78 is 7.47. The maximum Gasteiger partial charge on any atom is 0.336 e. The van der Waals surface area contributed by atoms with Crippen LogP contribution < -0.4 is 10.1 Å². The maximum absolute atomic E-state index is 11.8. The average molecular weight is 378 g/mol. The van der Waals surface area contributed by atoms with Crippen LogP contribution in [-0.2, 0) is 4.79 Å². The number of hydrogen-bond donors (Lipinski definition) is 1. The van der Waals surface area contributed by atoms with E-state index in [1.54, 1.807) is 4.68 Å². The van der Waals surface area contributed by atoms with Gasteiger partial charge >= 0.3 is 6.01 Å². The van der Waals surface area contributed by atoms with E-state index in [9.17, 15) is 4.79 Å². The molecule has 0 radical (unpaired) electrons. The molecule has 6 nitrogen and oxygen atoms in total. The number of nitrogens with zero attached hydrogens (tertiary/aromatic N) is 3. The van der Waals surface area contributed by atoms with E-state index in [-0.39, 0.29) is 12.0 Å². The van der Waals surface area contributed by atoms with E-state index in [1.165, 1.54) is 5.56 Å². The lowest BCUT2D eigenvalue weighted by Crippen LogP contribution is -2.10. The van der Waals surface area contributed by atoms with Gasteiger partial charge in [-0.15, -0.1) is 5.10 Å². The van der Waals surface area contributed by atoms with E-state index in [0.717, 1.165) is 23.4 Å². The van der Waals surface area contributed by atoms with E-state index >= 15 is 0 Å². The predicted octanol–water partition coefficient (Wildman–Crippen LogP) is 4.77. The van der Waals surface area contributed by atoms with Crippen molar-refractivity contribution in [1.82, 2.24) is 14.8 Å². The Morgan fingerprint density at radius 3 is 2.39 bits per heavy atom. The highest BCUT2D eigenvalue weighted by molar-refractivity contribution is 5.90. The zero-order valence-electron chi connectivity index (χ0n) is 16.8. The molecular formula is C22H26N4O2. The first-order valence-electron chi connectivity index (χ1n) is 9.57. The van der Waals surface area contributed by atoms with Gasteiger partial charge in [0.1, 0.15) is 0 Å². The second-order valence-corrected chi connectivity index (χ2v) is 7.01. The van der Waals surface area contributed by atoms with Gasteiger partial charge in [-0.25, -0.2) is 4.68 Å². The largest absolute Gasteiger partial charge is 0.460 e. The second kappa shape index (κ2) is 8.69. The Bertz CT molecular complexity index is 928. The van der Waals surface area contributed by atoms with Crippen molar-refractivity contribution in [3.63, 3.8) is 0 Å². The van der Waals surface area contributed by atoms with Crippen molar-refractivity contribution in [3.05, 3.63) is 54.1 Å². The second-order valence-electron chi connectivity index (χ2n) is 7.01. The van der Waals surface area contributed by atoms with Crippen molar-refractivity contribution < 1.29 is 9.53 Å². The monoisotopic (exact) mass is 378 g/mol. The van der Waals surface area contributed by atoms with E-state index in [4.69, 9.17) is 4.74 Å². The number of carbonyl (C=O) groups excluding carboxylic acids is 1. The predicted molar refractivity (Wildman–Crippen MR) is 111 cm³/mol. The summed E-state index contributed by atoms with van der Waals surface area (Å²) in [4.78, 5) is 16.4. The standard InChI is InChI=1S/C22H26N4O2/c1-5-6-20(27)23-18-11-13-19(14-12-18)26-21(17-9-7-16(4)8-10-17)24-22(25-26)28-15(2)3/h7-15H,5-6H2,1-4H3,(H,23,27). The Labute approximate surface area is 165 Å². The Morgan fingerprint density at radius 1 is 1.11 bits per heavy atom. The van der Waals surface area contributed by atoms with Crippen LogP contribution in [0.25, 0.3) is 17.1 Å². The molecular weight excluding hydrogens is 352 g/mol. The number of nitrogens with one attached hydrogen (secondary N) is 1.